The molecule has 158 valence electrons. The summed E-state index contributed by atoms with van der Waals surface area (Å²) in [5, 5.41) is 0.443. The van der Waals surface area contributed by atoms with E-state index in [1.807, 2.05) is 0 Å². The van der Waals surface area contributed by atoms with Crippen molar-refractivity contribution in [3.8, 4) is 17.2 Å². The molecule has 10 heteroatoms. The predicted molar refractivity (Wildman–Crippen MR) is 107 cm³/mol. The highest BCUT2D eigenvalue weighted by molar-refractivity contribution is 9.11. The van der Waals surface area contributed by atoms with E-state index in [0.717, 1.165) is 12.1 Å². The molecular formula is C19H15BrCl2F4O3. The Morgan fingerprint density at radius 2 is 1.52 bits per heavy atom. The molecule has 0 aliphatic rings. The van der Waals surface area contributed by atoms with E-state index in [0.29, 0.717) is 17.9 Å². The van der Waals surface area contributed by atoms with E-state index in [4.69, 9.17) is 37.4 Å². The highest BCUT2D eigenvalue weighted by atomic mass is 79.9. The first-order valence-corrected chi connectivity index (χ1v) is 9.77. The van der Waals surface area contributed by atoms with Crippen LogP contribution >= 0.6 is 39.1 Å². The van der Waals surface area contributed by atoms with Gasteiger partial charge in [0.15, 0.2) is 10.5 Å². The third-order valence-electron chi connectivity index (χ3n) is 3.44. The molecular weight excluding hydrogens is 503 g/mol. The molecule has 0 unspecified atom stereocenters. The van der Waals surface area contributed by atoms with Crippen LogP contribution in [0.15, 0.2) is 47.2 Å². The molecule has 0 saturated carbocycles. The van der Waals surface area contributed by atoms with Crippen molar-refractivity contribution in [2.45, 2.75) is 12.6 Å². The topological polar surface area (TPSA) is 27.7 Å². The second-order valence-electron chi connectivity index (χ2n) is 5.59. The van der Waals surface area contributed by atoms with Crippen LogP contribution in [0.1, 0.15) is 12.0 Å². The molecule has 2 rings (SSSR count). The van der Waals surface area contributed by atoms with E-state index in [1.54, 1.807) is 0 Å². The Balaban J connectivity index is 1.79. The summed E-state index contributed by atoms with van der Waals surface area (Å²) in [6.45, 7) is 0.440. The van der Waals surface area contributed by atoms with E-state index in [-0.39, 0.29) is 35.6 Å². The van der Waals surface area contributed by atoms with Crippen LogP contribution < -0.4 is 14.2 Å². The number of hydrogen-bond acceptors (Lipinski definition) is 3. The lowest BCUT2D eigenvalue weighted by molar-refractivity contribution is -0.137. The smallest absolute Gasteiger partial charge is 0.416 e. The molecule has 3 nitrogen and oxygen atoms in total. The van der Waals surface area contributed by atoms with Crippen LogP contribution in [0.25, 0.3) is 0 Å². The minimum Gasteiger partial charge on any atom is -0.493 e. The van der Waals surface area contributed by atoms with Crippen LogP contribution in [0.4, 0.5) is 17.6 Å². The van der Waals surface area contributed by atoms with Crippen LogP contribution in [0.3, 0.4) is 0 Å². The summed E-state index contributed by atoms with van der Waals surface area (Å²) < 4.78 is 65.8. The Morgan fingerprint density at radius 1 is 0.931 bits per heavy atom. The van der Waals surface area contributed by atoms with Crippen LogP contribution in [-0.4, -0.2) is 19.8 Å². The fourth-order valence-corrected chi connectivity index (χ4v) is 2.83. The van der Waals surface area contributed by atoms with Gasteiger partial charge in [0.1, 0.15) is 18.1 Å². The second kappa shape index (κ2) is 10.9. The first-order valence-electron chi connectivity index (χ1n) is 8.22. The maximum atomic E-state index is 12.6. The van der Waals surface area contributed by atoms with Crippen molar-refractivity contribution in [1.29, 1.82) is 0 Å². The van der Waals surface area contributed by atoms with Gasteiger partial charge in [-0.1, -0.05) is 23.2 Å². The van der Waals surface area contributed by atoms with Gasteiger partial charge in [-0.2, -0.15) is 17.6 Å². The van der Waals surface area contributed by atoms with E-state index in [9.17, 15) is 17.6 Å². The summed E-state index contributed by atoms with van der Waals surface area (Å²) in [5.41, 5.74) is -0.738. The molecule has 0 aromatic heterocycles. The minimum atomic E-state index is -4.38. The first-order chi connectivity index (χ1) is 13.7. The molecule has 0 saturated heterocycles. The molecule has 0 heterocycles. The van der Waals surface area contributed by atoms with E-state index < -0.39 is 16.5 Å². The van der Waals surface area contributed by atoms with Crippen molar-refractivity contribution in [2.75, 3.05) is 19.8 Å². The lowest BCUT2D eigenvalue weighted by atomic mass is 10.2. The molecule has 0 radical (unpaired) electrons. The van der Waals surface area contributed by atoms with Crippen molar-refractivity contribution >= 4 is 39.1 Å². The first kappa shape index (κ1) is 23.6. The standard InChI is InChI=1S/C19H15BrCl2F4O3/c20-17(23)6-9-28-14-10-15(21)18(16(22)11-14)29-8-1-7-27-13-4-2-12(3-5-13)19(24,25)26/h2-6,10-11H,1,7-9H2/b17-6+. The average Bonchev–Trinajstić information content (AvgIpc) is 2.62. The van der Waals surface area contributed by atoms with Gasteiger partial charge >= 0.3 is 6.18 Å². The van der Waals surface area contributed by atoms with Crippen LogP contribution in [0, 0.1) is 0 Å². The van der Waals surface area contributed by atoms with E-state index in [1.165, 1.54) is 30.3 Å². The summed E-state index contributed by atoms with van der Waals surface area (Å²) in [7, 11) is 0. The van der Waals surface area contributed by atoms with E-state index in [2.05, 4.69) is 15.9 Å². The predicted octanol–water partition coefficient (Wildman–Crippen LogP) is 7.44. The minimum absolute atomic E-state index is 0.00870. The van der Waals surface area contributed by atoms with E-state index >= 15 is 0 Å². The summed E-state index contributed by atoms with van der Waals surface area (Å²) in [6.07, 6.45) is -2.75. The van der Waals surface area contributed by atoms with Gasteiger partial charge in [0, 0.05) is 18.6 Å². The summed E-state index contributed by atoms with van der Waals surface area (Å²) >= 11 is 14.9. The average molecular weight is 518 g/mol. The number of halogens is 7. The largest absolute Gasteiger partial charge is 0.493 e. The fraction of sp³-hybridized carbons (Fsp3) is 0.263. The zero-order chi connectivity index (χ0) is 21.4. The number of rotatable bonds is 9. The van der Waals surface area contributed by atoms with Crippen molar-refractivity contribution in [3.05, 3.63) is 62.8 Å². The highest BCUT2D eigenvalue weighted by Crippen LogP contribution is 2.37. The van der Waals surface area contributed by atoms with Crippen molar-refractivity contribution in [2.24, 2.45) is 0 Å². The zero-order valence-electron chi connectivity index (χ0n) is 14.7. The van der Waals surface area contributed by atoms with Crippen molar-refractivity contribution in [1.82, 2.24) is 0 Å². The lowest BCUT2D eigenvalue weighted by Crippen LogP contribution is -2.07. The lowest BCUT2D eigenvalue weighted by Gasteiger charge is -2.13. The molecule has 0 aliphatic heterocycles. The monoisotopic (exact) mass is 516 g/mol. The summed E-state index contributed by atoms with van der Waals surface area (Å²) in [5.74, 6) is 0.935. The summed E-state index contributed by atoms with van der Waals surface area (Å²) in [4.78, 5) is 0. The normalized spacial score (nSPS) is 12.0. The molecule has 0 spiro atoms. The Kier molecular flexibility index (Phi) is 8.92. The SMILES string of the molecule is F/C(Br)=C/COc1cc(Cl)c(OCCCOc2ccc(C(F)(F)F)cc2)c(Cl)c1. The molecule has 0 aliphatic carbocycles. The van der Waals surface area contributed by atoms with Gasteiger partial charge in [-0.05, 0) is 46.3 Å². The molecule has 29 heavy (non-hydrogen) atoms. The molecule has 0 fully saturated rings. The quantitative estimate of drug-likeness (QED) is 0.255. The highest BCUT2D eigenvalue weighted by Gasteiger charge is 2.30. The molecule has 0 N–H and O–H groups in total. The number of alkyl halides is 3. The number of hydrogen-bond donors (Lipinski definition) is 0. The van der Waals surface area contributed by atoms with Crippen molar-refractivity contribution in [3.63, 3.8) is 0 Å². The maximum Gasteiger partial charge on any atom is 0.416 e. The third kappa shape index (κ3) is 7.95. The Labute approximate surface area is 183 Å². The number of benzene rings is 2. The zero-order valence-corrected chi connectivity index (χ0v) is 17.8. The maximum absolute atomic E-state index is 12.6. The molecule has 0 bridgehead atoms. The Hall–Kier alpha value is -1.64. The summed E-state index contributed by atoms with van der Waals surface area (Å²) in [6, 6.07) is 7.40. The fourth-order valence-electron chi connectivity index (χ4n) is 2.12. The third-order valence-corrected chi connectivity index (χ3v) is 4.33. The van der Waals surface area contributed by atoms with Gasteiger partial charge in [-0.25, -0.2) is 0 Å². The van der Waals surface area contributed by atoms with Gasteiger partial charge in [-0.3, -0.25) is 0 Å². The number of ether oxygens (including phenoxy) is 3. The Morgan fingerprint density at radius 3 is 2.07 bits per heavy atom. The van der Waals surface area contributed by atoms with Crippen LogP contribution in [0.2, 0.25) is 10.0 Å². The van der Waals surface area contributed by atoms with Crippen LogP contribution in [0.5, 0.6) is 17.2 Å². The molecule has 2 aromatic carbocycles. The van der Waals surface area contributed by atoms with Gasteiger partial charge in [0.05, 0.1) is 28.8 Å². The molecule has 0 atom stereocenters. The Bertz CT molecular complexity index is 815. The molecule has 0 amide bonds. The van der Waals surface area contributed by atoms with Gasteiger partial charge in [-0.15, -0.1) is 0 Å². The molecule has 2 aromatic rings. The van der Waals surface area contributed by atoms with Crippen LogP contribution in [-0.2, 0) is 6.18 Å². The van der Waals surface area contributed by atoms with Gasteiger partial charge in [0.2, 0.25) is 0 Å². The van der Waals surface area contributed by atoms with Crippen molar-refractivity contribution < 1.29 is 31.8 Å². The second-order valence-corrected chi connectivity index (χ2v) is 7.17. The van der Waals surface area contributed by atoms with Gasteiger partial charge < -0.3 is 14.2 Å². The van der Waals surface area contributed by atoms with Gasteiger partial charge in [0.25, 0.3) is 0 Å².